The van der Waals surface area contributed by atoms with Crippen LogP contribution in [-0.4, -0.2) is 35.6 Å². The Morgan fingerprint density at radius 2 is 1.91 bits per heavy atom. The second kappa shape index (κ2) is 9.68. The number of hydrogen-bond donors (Lipinski definition) is 1. The lowest BCUT2D eigenvalue weighted by Gasteiger charge is -2.12. The van der Waals surface area contributed by atoms with E-state index in [2.05, 4.69) is 21.2 Å². The van der Waals surface area contributed by atoms with E-state index < -0.39 is 17.1 Å². The van der Waals surface area contributed by atoms with Crippen molar-refractivity contribution in [3.63, 3.8) is 0 Å². The number of benzene rings is 2. The molecule has 9 heteroatoms. The molecule has 0 saturated carbocycles. The first-order valence-corrected chi connectivity index (χ1v) is 11.5. The zero-order valence-corrected chi connectivity index (χ0v) is 20.2. The summed E-state index contributed by atoms with van der Waals surface area (Å²) in [5.74, 6) is 0.703. The highest BCUT2D eigenvalue weighted by Gasteiger charge is 2.36. The Balaban J connectivity index is 1.44. The molecule has 0 spiro atoms. The number of methoxy groups -OCH3 is 1. The van der Waals surface area contributed by atoms with Crippen molar-refractivity contribution in [3.8, 4) is 17.1 Å². The van der Waals surface area contributed by atoms with Crippen LogP contribution in [0.5, 0.6) is 5.75 Å². The van der Waals surface area contributed by atoms with Gasteiger partial charge in [0.2, 0.25) is 5.91 Å². The molecule has 4 rings (SSSR count). The Labute approximate surface area is 202 Å². The summed E-state index contributed by atoms with van der Waals surface area (Å²) in [4.78, 5) is 38.5. The second-order valence-electron chi connectivity index (χ2n) is 7.23. The fraction of sp³-hybridized carbons (Fsp3) is 0.125. The molecule has 1 aliphatic rings. The van der Waals surface area contributed by atoms with E-state index >= 15 is 0 Å². The van der Waals surface area contributed by atoms with Crippen LogP contribution < -0.4 is 10.1 Å². The number of furan rings is 1. The summed E-state index contributed by atoms with van der Waals surface area (Å²) in [6, 6.07) is 16.2. The van der Waals surface area contributed by atoms with Crippen LogP contribution in [0.2, 0.25) is 0 Å². The number of imide groups is 1. The predicted octanol–water partition coefficient (Wildman–Crippen LogP) is 5.70. The van der Waals surface area contributed by atoms with Gasteiger partial charge in [0.15, 0.2) is 0 Å². The molecule has 0 radical (unpaired) electrons. The normalized spacial score (nSPS) is 14.8. The van der Waals surface area contributed by atoms with E-state index in [0.29, 0.717) is 23.0 Å². The highest BCUT2D eigenvalue weighted by atomic mass is 79.9. The molecule has 0 aliphatic carbocycles. The first kappa shape index (κ1) is 22.9. The van der Waals surface area contributed by atoms with Crippen molar-refractivity contribution >= 4 is 56.5 Å². The van der Waals surface area contributed by atoms with Crippen LogP contribution in [0.4, 0.5) is 10.5 Å². The molecule has 0 bridgehead atoms. The number of halogens is 1. The summed E-state index contributed by atoms with van der Waals surface area (Å²) < 4.78 is 11.8. The fourth-order valence-electron chi connectivity index (χ4n) is 3.18. The molecule has 0 unspecified atom stereocenters. The number of hydrogen-bond acceptors (Lipinski definition) is 6. The summed E-state index contributed by atoms with van der Waals surface area (Å²) in [6.45, 7) is 1.61. The maximum absolute atomic E-state index is 12.7. The quantitative estimate of drug-likeness (QED) is 0.414. The van der Waals surface area contributed by atoms with Crippen LogP contribution in [0, 0.1) is 6.92 Å². The monoisotopic (exact) mass is 526 g/mol. The van der Waals surface area contributed by atoms with E-state index in [9.17, 15) is 14.4 Å². The Morgan fingerprint density at radius 3 is 2.61 bits per heavy atom. The van der Waals surface area contributed by atoms with Gasteiger partial charge in [-0.3, -0.25) is 19.3 Å². The van der Waals surface area contributed by atoms with Gasteiger partial charge >= 0.3 is 0 Å². The Hall–Kier alpha value is -3.30. The lowest BCUT2D eigenvalue weighted by Crippen LogP contribution is -2.36. The van der Waals surface area contributed by atoms with Crippen molar-refractivity contribution in [3.05, 3.63) is 75.3 Å². The van der Waals surface area contributed by atoms with Crippen LogP contribution >= 0.6 is 27.7 Å². The molecule has 1 saturated heterocycles. The van der Waals surface area contributed by atoms with Gasteiger partial charge in [0.25, 0.3) is 11.1 Å². The van der Waals surface area contributed by atoms with Crippen molar-refractivity contribution in [2.45, 2.75) is 6.92 Å². The second-order valence-corrected chi connectivity index (χ2v) is 9.08. The molecule has 33 heavy (non-hydrogen) atoms. The first-order valence-electron chi connectivity index (χ1n) is 9.89. The van der Waals surface area contributed by atoms with E-state index in [1.165, 1.54) is 6.08 Å². The molecular weight excluding hydrogens is 508 g/mol. The molecular formula is C24H19BrN2O5S. The third-order valence-corrected chi connectivity index (χ3v) is 6.40. The minimum Gasteiger partial charge on any atom is -0.497 e. The number of nitrogens with zero attached hydrogens (tertiary/aromatic N) is 1. The van der Waals surface area contributed by atoms with Gasteiger partial charge in [-0.1, -0.05) is 22.0 Å². The first-order chi connectivity index (χ1) is 15.8. The highest BCUT2D eigenvalue weighted by Crippen LogP contribution is 2.35. The standard InChI is InChI=1S/C24H19BrN2O5S/c1-14-3-9-18(19(25)11-14)20-10-8-17(32-20)12-21-23(29)27(24(30)33-21)13-22(28)26-15-4-6-16(31-2)7-5-15/h3-12H,13H2,1-2H3,(H,26,28)/b21-12-. The van der Waals surface area contributed by atoms with E-state index in [1.54, 1.807) is 43.5 Å². The minimum atomic E-state index is -0.538. The summed E-state index contributed by atoms with van der Waals surface area (Å²) in [5.41, 5.74) is 2.53. The zero-order chi connectivity index (χ0) is 23.5. The Kier molecular flexibility index (Phi) is 6.71. The molecule has 1 aliphatic heterocycles. The number of thioether (sulfide) groups is 1. The summed E-state index contributed by atoms with van der Waals surface area (Å²) >= 11 is 4.30. The van der Waals surface area contributed by atoms with E-state index in [1.807, 2.05) is 25.1 Å². The number of anilines is 1. The van der Waals surface area contributed by atoms with Gasteiger partial charge in [-0.25, -0.2) is 0 Å². The van der Waals surface area contributed by atoms with E-state index in [0.717, 1.165) is 32.3 Å². The molecule has 3 amide bonds. The van der Waals surface area contributed by atoms with Crippen LogP contribution in [0.25, 0.3) is 17.4 Å². The van der Waals surface area contributed by atoms with E-state index in [-0.39, 0.29) is 11.4 Å². The van der Waals surface area contributed by atoms with Gasteiger partial charge in [0.05, 0.1) is 12.0 Å². The molecule has 1 aromatic heterocycles. The fourth-order valence-corrected chi connectivity index (χ4v) is 4.69. The zero-order valence-electron chi connectivity index (χ0n) is 17.8. The molecule has 2 heterocycles. The number of aryl methyl sites for hydroxylation is 1. The van der Waals surface area contributed by atoms with Crippen LogP contribution in [0.15, 0.2) is 68.4 Å². The number of rotatable bonds is 6. The molecule has 7 nitrogen and oxygen atoms in total. The minimum absolute atomic E-state index is 0.195. The Morgan fingerprint density at radius 1 is 1.15 bits per heavy atom. The number of ether oxygens (including phenoxy) is 1. The molecule has 1 N–H and O–H groups in total. The van der Waals surface area contributed by atoms with Crippen LogP contribution in [0.3, 0.4) is 0 Å². The summed E-state index contributed by atoms with van der Waals surface area (Å²) in [6.07, 6.45) is 1.51. The number of nitrogens with one attached hydrogen (secondary N) is 1. The van der Waals surface area contributed by atoms with Gasteiger partial charge in [-0.2, -0.15) is 0 Å². The lowest BCUT2D eigenvalue weighted by atomic mass is 10.1. The van der Waals surface area contributed by atoms with Crippen LogP contribution in [0.1, 0.15) is 11.3 Å². The molecule has 168 valence electrons. The van der Waals surface area contributed by atoms with Crippen LogP contribution in [-0.2, 0) is 9.59 Å². The number of carbonyl (C=O) groups is 3. The smallest absolute Gasteiger partial charge is 0.294 e. The van der Waals surface area contributed by atoms with Crippen molar-refractivity contribution in [1.29, 1.82) is 0 Å². The third kappa shape index (κ3) is 5.20. The molecule has 2 aromatic carbocycles. The Bertz CT molecular complexity index is 1270. The van der Waals surface area contributed by atoms with Crippen molar-refractivity contribution in [2.75, 3.05) is 19.0 Å². The maximum Gasteiger partial charge on any atom is 0.294 e. The summed E-state index contributed by atoms with van der Waals surface area (Å²) in [5, 5.41) is 2.15. The van der Waals surface area contributed by atoms with Gasteiger partial charge in [-0.05, 0) is 72.8 Å². The van der Waals surface area contributed by atoms with Gasteiger partial charge in [0, 0.05) is 21.8 Å². The van der Waals surface area contributed by atoms with Crippen molar-refractivity contribution in [1.82, 2.24) is 4.90 Å². The number of amides is 3. The predicted molar refractivity (Wildman–Crippen MR) is 131 cm³/mol. The molecule has 3 aromatic rings. The van der Waals surface area contributed by atoms with Crippen molar-refractivity contribution in [2.24, 2.45) is 0 Å². The molecule has 1 fully saturated rings. The number of carbonyl (C=O) groups excluding carboxylic acids is 3. The SMILES string of the molecule is COc1ccc(NC(=O)CN2C(=O)S/C(=C\c3ccc(-c4ccc(C)cc4Br)o3)C2=O)cc1. The third-order valence-electron chi connectivity index (χ3n) is 4.84. The van der Waals surface area contributed by atoms with Gasteiger partial charge in [0.1, 0.15) is 23.8 Å². The average molecular weight is 527 g/mol. The lowest BCUT2D eigenvalue weighted by molar-refractivity contribution is -0.127. The van der Waals surface area contributed by atoms with Crippen molar-refractivity contribution < 1.29 is 23.5 Å². The van der Waals surface area contributed by atoms with Gasteiger partial charge in [-0.15, -0.1) is 0 Å². The van der Waals surface area contributed by atoms with E-state index in [4.69, 9.17) is 9.15 Å². The topological polar surface area (TPSA) is 88.8 Å². The summed E-state index contributed by atoms with van der Waals surface area (Å²) in [7, 11) is 1.55. The van der Waals surface area contributed by atoms with Gasteiger partial charge < -0.3 is 14.5 Å². The maximum atomic E-state index is 12.7. The largest absolute Gasteiger partial charge is 0.497 e. The molecule has 0 atom stereocenters. The highest BCUT2D eigenvalue weighted by molar-refractivity contribution is 9.10. The average Bonchev–Trinajstić information content (AvgIpc) is 3.34.